The number of nitrogens with zero attached hydrogens (tertiary/aromatic N) is 12. The Morgan fingerprint density at radius 3 is 1.30 bits per heavy atom. The summed E-state index contributed by atoms with van der Waals surface area (Å²) in [4.78, 5) is 21.2. The highest BCUT2D eigenvalue weighted by molar-refractivity contribution is 5.77. The van der Waals surface area contributed by atoms with E-state index in [1.807, 2.05) is 190 Å². The van der Waals surface area contributed by atoms with Gasteiger partial charge in [0.1, 0.15) is 5.65 Å². The molecule has 2 aliphatic carbocycles. The van der Waals surface area contributed by atoms with E-state index < -0.39 is 0 Å². The largest absolute Gasteiger partial charge is 0.323 e. The number of hydrogen-bond acceptors (Lipinski definition) is 6. The SMILES string of the molecule is CC.CC.CC.CC.CC.CC.CC.CC.CC1=C(C)c2c(C)cncc2C1.CC1=C(C)c2c(ccnc2C)C1.Cc1cc2cccc(C)n2c1C.Cc1cc2nccc(C)n2c1C.Cc1cn2cccc(C)c2c1C.Cc1cn2ccnc(C)c2c1C.Cc1cn2cncc(C)c2c1C.Cc1cn2nccc(C)c2c1C. The lowest BCUT2D eigenvalue weighted by Crippen LogP contribution is -1.94. The van der Waals surface area contributed by atoms with Gasteiger partial charge in [-0.15, -0.1) is 0 Å². The molecule has 14 heterocycles. The second-order valence-corrected chi connectivity index (χ2v) is 26.7. The zero-order valence-electron chi connectivity index (χ0n) is 77.6. The van der Waals surface area contributed by atoms with Crippen LogP contribution < -0.4 is 0 Å². The van der Waals surface area contributed by atoms with Gasteiger partial charge >= 0.3 is 0 Å². The van der Waals surface area contributed by atoms with Crippen LogP contribution >= 0.6 is 0 Å². The summed E-state index contributed by atoms with van der Waals surface area (Å²) in [6.45, 7) is 83.3. The van der Waals surface area contributed by atoms with Crippen molar-refractivity contribution in [1.82, 2.24) is 56.5 Å². The maximum absolute atomic E-state index is 4.30. The van der Waals surface area contributed by atoms with Gasteiger partial charge in [-0.25, -0.2) is 14.5 Å². The monoisotopic (exact) mass is 1520 g/mol. The summed E-state index contributed by atoms with van der Waals surface area (Å²) in [6, 6.07) is 21.2. The minimum atomic E-state index is 1.05. The lowest BCUT2D eigenvalue weighted by atomic mass is 10.0. The van der Waals surface area contributed by atoms with E-state index in [2.05, 4.69) is 291 Å². The van der Waals surface area contributed by atoms with Crippen LogP contribution in [0.4, 0.5) is 0 Å². The molecule has 608 valence electrons. The molecule has 0 radical (unpaired) electrons. The highest BCUT2D eigenvalue weighted by Gasteiger charge is 2.19. The summed E-state index contributed by atoms with van der Waals surface area (Å²) >= 11 is 0. The van der Waals surface area contributed by atoms with Crippen LogP contribution in [0.3, 0.4) is 0 Å². The Morgan fingerprint density at radius 1 is 0.312 bits per heavy atom. The maximum Gasteiger partial charge on any atom is 0.137 e. The highest BCUT2D eigenvalue weighted by Crippen LogP contribution is 2.35. The molecule has 16 rings (SSSR count). The average molecular weight is 1520 g/mol. The smallest absolute Gasteiger partial charge is 0.137 e. The summed E-state index contributed by atoms with van der Waals surface area (Å²) < 4.78 is 12.8. The lowest BCUT2D eigenvalue weighted by molar-refractivity contribution is 0.930. The minimum absolute atomic E-state index is 1.05. The lowest BCUT2D eigenvalue weighted by Gasteiger charge is -2.03. The molecule has 0 fully saturated rings. The van der Waals surface area contributed by atoms with Gasteiger partial charge in [-0.05, 0) is 333 Å². The van der Waals surface area contributed by atoms with Crippen molar-refractivity contribution in [3.63, 3.8) is 0 Å². The van der Waals surface area contributed by atoms with Crippen LogP contribution in [0.2, 0.25) is 0 Å². The summed E-state index contributed by atoms with van der Waals surface area (Å²) in [5.74, 6) is 0. The molecule has 14 aromatic rings. The molecule has 0 amide bonds. The van der Waals surface area contributed by atoms with Gasteiger partial charge in [0.15, 0.2) is 0 Å². The average Bonchev–Trinajstić information content (AvgIpc) is 1.74. The Balaban J connectivity index is 0.000000623. The summed E-state index contributed by atoms with van der Waals surface area (Å²) in [6.07, 6.45) is 29.9. The molecular weight excluding hydrogens is 1370 g/mol. The maximum atomic E-state index is 4.30. The third kappa shape index (κ3) is 25.0. The second-order valence-electron chi connectivity index (χ2n) is 26.7. The van der Waals surface area contributed by atoms with E-state index in [1.165, 1.54) is 178 Å². The molecule has 0 aliphatic heterocycles. The molecule has 12 heteroatoms. The van der Waals surface area contributed by atoms with E-state index in [0.717, 1.165) is 24.2 Å². The van der Waals surface area contributed by atoms with Crippen molar-refractivity contribution in [3.05, 3.63) is 293 Å². The van der Waals surface area contributed by atoms with Gasteiger partial charge in [-0.1, -0.05) is 134 Å². The number of allylic oxidation sites excluding steroid dienone is 4. The van der Waals surface area contributed by atoms with Crippen LogP contribution in [0.15, 0.2) is 159 Å². The second kappa shape index (κ2) is 50.1. The van der Waals surface area contributed by atoms with Crippen LogP contribution in [0.5, 0.6) is 0 Å². The first-order valence-electron chi connectivity index (χ1n) is 41.5. The number of pyridine rings is 4. The van der Waals surface area contributed by atoms with E-state index in [1.54, 1.807) is 0 Å². The third-order valence-corrected chi connectivity index (χ3v) is 19.9. The molecule has 0 N–H and O–H groups in total. The van der Waals surface area contributed by atoms with Gasteiger partial charge in [0.05, 0.1) is 34.1 Å². The molecule has 0 bridgehead atoms. The zero-order chi connectivity index (χ0) is 85.7. The Labute approximate surface area is 679 Å². The third-order valence-electron chi connectivity index (χ3n) is 19.9. The van der Waals surface area contributed by atoms with Crippen molar-refractivity contribution in [1.29, 1.82) is 0 Å². The van der Waals surface area contributed by atoms with Gasteiger partial charge in [-0.3, -0.25) is 15.0 Å². The number of rotatable bonds is 0. The first-order valence-corrected chi connectivity index (χ1v) is 41.5. The van der Waals surface area contributed by atoms with Crippen molar-refractivity contribution in [3.8, 4) is 0 Å². The van der Waals surface area contributed by atoms with Gasteiger partial charge in [0, 0.05) is 120 Å². The fraction of sp³-hybridized carbons (Fsp3) is 0.420. The zero-order valence-corrected chi connectivity index (χ0v) is 77.6. The van der Waals surface area contributed by atoms with Crippen molar-refractivity contribution in [2.45, 2.75) is 290 Å². The fourth-order valence-corrected chi connectivity index (χ4v) is 13.6. The van der Waals surface area contributed by atoms with Gasteiger partial charge in [0.25, 0.3) is 0 Å². The van der Waals surface area contributed by atoms with E-state index in [4.69, 9.17) is 0 Å². The normalized spacial score (nSPS) is 10.7. The Kier molecular flexibility index (Phi) is 44.8. The Bertz CT molecular complexity index is 4510. The standard InChI is InChI=1S/4C11H13N.4C10H12N2.8C2H6/c1-7-4-10-6-12-5-8(2)11(10)9(7)3;1-7-6-10-4-5-12-9(3)11(10)8(7)2;1-8-7-11-6-4-5-9(2)12(11)10(8)3;1-8-5-4-6-12-7-9(2)10(3)11(8)12;1-7-4-11-6-12-5-8(2)9(3)10(7)12;1-7-6-12-5-4-11-9(3)10(12)8(7)2;1-7-6-10-11-5-4-8(2)12(10)9(7)3;1-7-4-5-11-12-6-8(2)9(3)10(7)12;8*1-2/h5-6H,4H2,1-3H3;4-5H,6H2,1-3H3;2*4-7H,1-3H3;4*4-6H,1-3H3;8*1-2H3. The molecule has 2 aliphatic rings. The van der Waals surface area contributed by atoms with Crippen molar-refractivity contribution >= 4 is 44.4 Å². The first kappa shape index (κ1) is 100. The molecule has 0 saturated heterocycles. The van der Waals surface area contributed by atoms with Crippen LogP contribution in [-0.2, 0) is 12.8 Å². The van der Waals surface area contributed by atoms with E-state index in [9.17, 15) is 0 Å². The summed E-state index contributed by atoms with van der Waals surface area (Å²) in [5.41, 5.74) is 45.0. The Morgan fingerprint density at radius 2 is 0.777 bits per heavy atom. The molecule has 12 nitrogen and oxygen atoms in total. The first-order chi connectivity index (χ1) is 53.6. The van der Waals surface area contributed by atoms with Crippen LogP contribution in [-0.4, -0.2) is 56.5 Å². The van der Waals surface area contributed by atoms with E-state index in [-0.39, 0.29) is 0 Å². The van der Waals surface area contributed by atoms with Gasteiger partial charge < -0.3 is 22.0 Å². The number of fused-ring (bicyclic) bond motifs is 8. The molecular formula is C100H148N12. The summed E-state index contributed by atoms with van der Waals surface area (Å²) in [7, 11) is 0. The predicted molar refractivity (Wildman–Crippen MR) is 494 cm³/mol. The van der Waals surface area contributed by atoms with Crippen molar-refractivity contribution in [2.75, 3.05) is 0 Å². The molecule has 0 unspecified atom stereocenters. The molecule has 0 spiro atoms. The predicted octanol–water partition coefficient (Wildman–Crippen LogP) is 28.5. The summed E-state index contributed by atoms with van der Waals surface area (Å²) in [5, 5.41) is 4.24. The minimum Gasteiger partial charge on any atom is -0.323 e. The quantitative estimate of drug-likeness (QED) is 0.150. The number of aryl methyl sites for hydroxylation is 20. The van der Waals surface area contributed by atoms with Gasteiger partial charge in [-0.2, -0.15) is 5.10 Å². The number of aromatic nitrogens is 12. The van der Waals surface area contributed by atoms with Gasteiger partial charge in [0.2, 0.25) is 0 Å². The van der Waals surface area contributed by atoms with E-state index >= 15 is 0 Å². The fourth-order valence-electron chi connectivity index (χ4n) is 13.6. The van der Waals surface area contributed by atoms with Crippen molar-refractivity contribution in [2.24, 2.45) is 0 Å². The van der Waals surface area contributed by atoms with Crippen LogP contribution in [0, 0.1) is 138 Å². The Hall–Kier alpha value is -9.94. The molecule has 0 aromatic carbocycles. The molecule has 0 atom stereocenters. The number of hydrogen-bond donors (Lipinski definition) is 0. The molecule has 14 aromatic heterocycles. The molecule has 112 heavy (non-hydrogen) atoms. The highest BCUT2D eigenvalue weighted by atomic mass is 15.2. The van der Waals surface area contributed by atoms with E-state index in [0.29, 0.717) is 0 Å². The molecule has 0 saturated carbocycles. The van der Waals surface area contributed by atoms with Crippen LogP contribution in [0.1, 0.15) is 273 Å². The topological polar surface area (TPSA) is 104 Å². The van der Waals surface area contributed by atoms with Crippen molar-refractivity contribution < 1.29 is 0 Å². The van der Waals surface area contributed by atoms with Crippen LogP contribution in [0.25, 0.3) is 44.4 Å².